The first-order chi connectivity index (χ1) is 12.7. The predicted octanol–water partition coefficient (Wildman–Crippen LogP) is 2.64. The number of hydrogen-bond donors (Lipinski definition) is 1. The number of piperazine rings is 1. The highest BCUT2D eigenvalue weighted by Gasteiger charge is 2.34. The number of piperidine rings is 1. The molecule has 0 spiro atoms. The standard InChI is InChI=1S/C20H25FN4O/c21-17-5-3-16(4-6-17)19(26)12-15-2-7-18-14-25(11-10-24(18)13-15)20-22-8-1-9-23-20/h1,3-6,8-9,15,18-19,26H,2,7,10-14H2/t15?,18-,19?/m0/s1. The lowest BCUT2D eigenvalue weighted by Gasteiger charge is -2.46. The van der Waals surface area contributed by atoms with Crippen molar-refractivity contribution in [2.45, 2.75) is 31.4 Å². The first-order valence-corrected chi connectivity index (χ1v) is 9.38. The molecular formula is C20H25FN4O. The van der Waals surface area contributed by atoms with E-state index in [1.54, 1.807) is 24.5 Å². The quantitative estimate of drug-likeness (QED) is 0.913. The summed E-state index contributed by atoms with van der Waals surface area (Å²) in [5.41, 5.74) is 0.805. The highest BCUT2D eigenvalue weighted by Crippen LogP contribution is 2.32. The maximum Gasteiger partial charge on any atom is 0.225 e. The van der Waals surface area contributed by atoms with Crippen LogP contribution in [0.25, 0.3) is 0 Å². The summed E-state index contributed by atoms with van der Waals surface area (Å²) in [6.45, 7) is 3.93. The molecule has 5 nitrogen and oxygen atoms in total. The van der Waals surface area contributed by atoms with Crippen LogP contribution in [0.15, 0.2) is 42.7 Å². The molecule has 2 aromatic rings. The topological polar surface area (TPSA) is 52.5 Å². The summed E-state index contributed by atoms with van der Waals surface area (Å²) in [6.07, 6.45) is 6.05. The summed E-state index contributed by atoms with van der Waals surface area (Å²) in [5.74, 6) is 1.04. The number of benzene rings is 1. The van der Waals surface area contributed by atoms with Crippen LogP contribution in [-0.2, 0) is 0 Å². The van der Waals surface area contributed by atoms with E-state index >= 15 is 0 Å². The summed E-state index contributed by atoms with van der Waals surface area (Å²) in [5, 5.41) is 10.5. The normalized spacial score (nSPS) is 24.9. The molecule has 6 heteroatoms. The summed E-state index contributed by atoms with van der Waals surface area (Å²) in [4.78, 5) is 13.6. The summed E-state index contributed by atoms with van der Waals surface area (Å²) in [7, 11) is 0. The van der Waals surface area contributed by atoms with Crippen molar-refractivity contribution in [2.75, 3.05) is 31.1 Å². The number of hydrogen-bond acceptors (Lipinski definition) is 5. The lowest BCUT2D eigenvalue weighted by atomic mass is 9.86. The van der Waals surface area contributed by atoms with Gasteiger partial charge in [-0.3, -0.25) is 4.90 Å². The number of nitrogens with zero attached hydrogens (tertiary/aromatic N) is 4. The first-order valence-electron chi connectivity index (χ1n) is 9.38. The smallest absolute Gasteiger partial charge is 0.225 e. The zero-order chi connectivity index (χ0) is 17.9. The molecule has 2 aliphatic heterocycles. The number of halogens is 1. The van der Waals surface area contributed by atoms with Gasteiger partial charge in [0.2, 0.25) is 5.95 Å². The van der Waals surface area contributed by atoms with Crippen LogP contribution in [0.2, 0.25) is 0 Å². The van der Waals surface area contributed by atoms with Crippen molar-refractivity contribution in [3.05, 3.63) is 54.1 Å². The van der Waals surface area contributed by atoms with Gasteiger partial charge in [0.25, 0.3) is 0 Å². The average Bonchev–Trinajstić information content (AvgIpc) is 2.69. The van der Waals surface area contributed by atoms with E-state index in [0.717, 1.165) is 57.0 Å². The number of aliphatic hydroxyl groups excluding tert-OH is 1. The first kappa shape index (κ1) is 17.4. The third kappa shape index (κ3) is 3.86. The van der Waals surface area contributed by atoms with Gasteiger partial charge in [0.05, 0.1) is 6.10 Å². The van der Waals surface area contributed by atoms with E-state index in [4.69, 9.17) is 0 Å². The zero-order valence-electron chi connectivity index (χ0n) is 14.8. The fraction of sp³-hybridized carbons (Fsp3) is 0.500. The molecule has 4 rings (SSSR count). The van der Waals surface area contributed by atoms with Gasteiger partial charge in [0.15, 0.2) is 0 Å². The fourth-order valence-electron chi connectivity index (χ4n) is 4.22. The van der Waals surface area contributed by atoms with Gasteiger partial charge in [-0.15, -0.1) is 0 Å². The van der Waals surface area contributed by atoms with Crippen molar-refractivity contribution >= 4 is 5.95 Å². The van der Waals surface area contributed by atoms with Gasteiger partial charge in [0.1, 0.15) is 5.82 Å². The Morgan fingerprint density at radius 2 is 1.85 bits per heavy atom. The molecule has 0 bridgehead atoms. The SMILES string of the molecule is OC(CC1CC[C@H]2CN(c3ncccn3)CCN2C1)c1ccc(F)cc1. The molecule has 2 unspecified atom stereocenters. The number of aliphatic hydroxyl groups is 1. The van der Waals surface area contributed by atoms with Gasteiger partial charge in [0, 0.05) is 44.6 Å². The van der Waals surface area contributed by atoms with Gasteiger partial charge in [-0.25, -0.2) is 14.4 Å². The van der Waals surface area contributed by atoms with E-state index in [2.05, 4.69) is 19.8 Å². The molecule has 1 aromatic heterocycles. The van der Waals surface area contributed by atoms with E-state index < -0.39 is 6.10 Å². The molecule has 3 heterocycles. The number of rotatable bonds is 4. The van der Waals surface area contributed by atoms with E-state index in [1.807, 2.05) is 6.07 Å². The van der Waals surface area contributed by atoms with Gasteiger partial charge < -0.3 is 10.0 Å². The predicted molar refractivity (Wildman–Crippen MR) is 98.3 cm³/mol. The summed E-state index contributed by atoms with van der Waals surface area (Å²) < 4.78 is 13.0. The molecule has 0 saturated carbocycles. The number of aromatic nitrogens is 2. The van der Waals surface area contributed by atoms with Gasteiger partial charge in [-0.1, -0.05) is 12.1 Å². The van der Waals surface area contributed by atoms with Crippen LogP contribution < -0.4 is 4.90 Å². The Bertz CT molecular complexity index is 712. The Hall–Kier alpha value is -2.05. The van der Waals surface area contributed by atoms with Crippen LogP contribution in [0.5, 0.6) is 0 Å². The van der Waals surface area contributed by atoms with E-state index in [9.17, 15) is 9.50 Å². The van der Waals surface area contributed by atoms with Gasteiger partial charge >= 0.3 is 0 Å². The third-order valence-electron chi connectivity index (χ3n) is 5.65. The largest absolute Gasteiger partial charge is 0.388 e. The molecule has 0 radical (unpaired) electrons. The number of fused-ring (bicyclic) bond motifs is 1. The summed E-state index contributed by atoms with van der Waals surface area (Å²) in [6, 6.07) is 8.58. The molecular weight excluding hydrogens is 331 g/mol. The molecule has 2 saturated heterocycles. The maximum absolute atomic E-state index is 13.0. The van der Waals surface area contributed by atoms with Crippen molar-refractivity contribution < 1.29 is 9.50 Å². The van der Waals surface area contributed by atoms with Crippen LogP contribution in [0.4, 0.5) is 10.3 Å². The Morgan fingerprint density at radius 3 is 2.62 bits per heavy atom. The Morgan fingerprint density at radius 1 is 1.08 bits per heavy atom. The van der Waals surface area contributed by atoms with E-state index in [0.29, 0.717) is 12.0 Å². The number of anilines is 1. The molecule has 2 fully saturated rings. The molecule has 1 N–H and O–H groups in total. The monoisotopic (exact) mass is 356 g/mol. The molecule has 0 amide bonds. The minimum Gasteiger partial charge on any atom is -0.388 e. The van der Waals surface area contributed by atoms with E-state index in [1.165, 1.54) is 12.1 Å². The van der Waals surface area contributed by atoms with Crippen LogP contribution in [0, 0.1) is 11.7 Å². The molecule has 1 aromatic carbocycles. The van der Waals surface area contributed by atoms with Crippen molar-refractivity contribution in [2.24, 2.45) is 5.92 Å². The van der Waals surface area contributed by atoms with Crippen LogP contribution in [0.1, 0.15) is 30.9 Å². The molecule has 3 atom stereocenters. The van der Waals surface area contributed by atoms with Gasteiger partial charge in [-0.05, 0) is 48.9 Å². The third-order valence-corrected chi connectivity index (χ3v) is 5.65. The van der Waals surface area contributed by atoms with Crippen molar-refractivity contribution in [1.82, 2.24) is 14.9 Å². The minimum absolute atomic E-state index is 0.262. The second kappa shape index (κ2) is 7.68. The van der Waals surface area contributed by atoms with E-state index in [-0.39, 0.29) is 5.82 Å². The lowest BCUT2D eigenvalue weighted by molar-refractivity contribution is 0.0620. The minimum atomic E-state index is -0.517. The fourth-order valence-corrected chi connectivity index (χ4v) is 4.22. The molecule has 26 heavy (non-hydrogen) atoms. The van der Waals surface area contributed by atoms with Crippen LogP contribution in [0.3, 0.4) is 0 Å². The van der Waals surface area contributed by atoms with Crippen LogP contribution in [-0.4, -0.2) is 52.2 Å². The molecule has 2 aliphatic rings. The van der Waals surface area contributed by atoms with Crippen molar-refractivity contribution in [3.8, 4) is 0 Å². The van der Waals surface area contributed by atoms with Crippen LogP contribution >= 0.6 is 0 Å². The highest BCUT2D eigenvalue weighted by molar-refractivity contribution is 5.30. The second-order valence-electron chi connectivity index (χ2n) is 7.39. The van der Waals surface area contributed by atoms with Gasteiger partial charge in [-0.2, -0.15) is 0 Å². The maximum atomic E-state index is 13.0. The molecule has 138 valence electrons. The Kier molecular flexibility index (Phi) is 5.13. The lowest BCUT2D eigenvalue weighted by Crippen LogP contribution is -2.56. The average molecular weight is 356 g/mol. The molecule has 0 aliphatic carbocycles. The highest BCUT2D eigenvalue weighted by atomic mass is 19.1. The Labute approximate surface area is 153 Å². The van der Waals surface area contributed by atoms with Crippen molar-refractivity contribution in [3.63, 3.8) is 0 Å². The summed E-state index contributed by atoms with van der Waals surface area (Å²) >= 11 is 0. The zero-order valence-corrected chi connectivity index (χ0v) is 14.8. The Balaban J connectivity index is 1.32. The second-order valence-corrected chi connectivity index (χ2v) is 7.39. The van der Waals surface area contributed by atoms with Crippen molar-refractivity contribution in [1.29, 1.82) is 0 Å².